The van der Waals surface area contributed by atoms with E-state index >= 15 is 0 Å². The average molecular weight is 553 g/mol. The SMILES string of the molecule is [C-]#[N+]CCN1CCC(n2cnc(-c3ccc(F)cc3)c2-c2ccc3nc(CC(=O)c4ccnc(F)c4)cn3n2)CC1. The minimum Gasteiger partial charge on any atom is -0.326 e. The molecular weight excluding hydrogens is 526 g/mol. The van der Waals surface area contributed by atoms with E-state index in [1.165, 1.54) is 24.4 Å². The Morgan fingerprint density at radius 1 is 1.05 bits per heavy atom. The van der Waals surface area contributed by atoms with E-state index in [2.05, 4.69) is 24.3 Å². The summed E-state index contributed by atoms with van der Waals surface area (Å²) in [7, 11) is 0. The van der Waals surface area contributed by atoms with Crippen molar-refractivity contribution >= 4 is 11.4 Å². The van der Waals surface area contributed by atoms with E-state index in [1.54, 1.807) is 22.8 Å². The summed E-state index contributed by atoms with van der Waals surface area (Å²) < 4.78 is 31.0. The fourth-order valence-corrected chi connectivity index (χ4v) is 5.31. The van der Waals surface area contributed by atoms with E-state index < -0.39 is 5.95 Å². The molecule has 5 heterocycles. The number of aromatic nitrogens is 6. The number of likely N-dealkylation sites (tertiary alicyclic amines) is 1. The van der Waals surface area contributed by atoms with E-state index in [9.17, 15) is 13.6 Å². The number of rotatable bonds is 8. The van der Waals surface area contributed by atoms with Crippen molar-refractivity contribution in [1.82, 2.24) is 34.0 Å². The van der Waals surface area contributed by atoms with Crippen LogP contribution in [-0.2, 0) is 6.42 Å². The second-order valence-corrected chi connectivity index (χ2v) is 10.0. The predicted octanol–water partition coefficient (Wildman–Crippen LogP) is 4.91. The van der Waals surface area contributed by atoms with Gasteiger partial charge in [0, 0.05) is 42.5 Å². The zero-order chi connectivity index (χ0) is 28.3. The van der Waals surface area contributed by atoms with Gasteiger partial charge in [0.25, 0.3) is 0 Å². The molecule has 0 atom stereocenters. The first-order valence-corrected chi connectivity index (χ1v) is 13.4. The Kier molecular flexibility index (Phi) is 7.31. The third-order valence-corrected chi connectivity index (χ3v) is 7.39. The fraction of sp³-hybridized carbons (Fsp3) is 0.267. The highest BCUT2D eigenvalue weighted by Gasteiger charge is 2.26. The van der Waals surface area contributed by atoms with Crippen LogP contribution in [0.1, 0.15) is 34.9 Å². The Balaban J connectivity index is 1.33. The number of halogens is 2. The van der Waals surface area contributed by atoms with E-state index in [0.29, 0.717) is 29.3 Å². The maximum Gasteiger partial charge on any atom is 0.227 e. The molecule has 0 saturated carbocycles. The molecule has 1 saturated heterocycles. The van der Waals surface area contributed by atoms with Crippen LogP contribution in [0.3, 0.4) is 0 Å². The number of benzene rings is 1. The maximum absolute atomic E-state index is 13.7. The summed E-state index contributed by atoms with van der Waals surface area (Å²) in [5, 5.41) is 4.84. The van der Waals surface area contributed by atoms with Crippen molar-refractivity contribution in [3.8, 4) is 22.6 Å². The number of ketones is 1. The van der Waals surface area contributed by atoms with Gasteiger partial charge >= 0.3 is 0 Å². The Labute approximate surface area is 234 Å². The third kappa shape index (κ3) is 5.60. The quantitative estimate of drug-likeness (QED) is 0.154. The number of hydrogen-bond acceptors (Lipinski definition) is 6. The largest absolute Gasteiger partial charge is 0.326 e. The van der Waals surface area contributed by atoms with Crippen LogP contribution in [0.4, 0.5) is 8.78 Å². The molecule has 5 aromatic rings. The summed E-state index contributed by atoms with van der Waals surface area (Å²) in [6, 6.07) is 12.7. The Morgan fingerprint density at radius 2 is 1.85 bits per heavy atom. The van der Waals surface area contributed by atoms with Crippen LogP contribution < -0.4 is 0 Å². The van der Waals surface area contributed by atoms with E-state index in [0.717, 1.165) is 49.8 Å². The van der Waals surface area contributed by atoms with Crippen LogP contribution >= 0.6 is 0 Å². The lowest BCUT2D eigenvalue weighted by Gasteiger charge is -2.32. The monoisotopic (exact) mass is 552 g/mol. The maximum atomic E-state index is 13.7. The van der Waals surface area contributed by atoms with Crippen molar-refractivity contribution in [3.05, 3.63) is 102 Å². The number of imidazole rings is 2. The van der Waals surface area contributed by atoms with Gasteiger partial charge in [0.2, 0.25) is 12.5 Å². The molecule has 0 bridgehead atoms. The molecule has 1 aromatic carbocycles. The smallest absolute Gasteiger partial charge is 0.227 e. The number of Topliss-reactive ketones (excluding diaryl/α,β-unsaturated/α-hetero) is 1. The first-order chi connectivity index (χ1) is 20.0. The van der Waals surface area contributed by atoms with Crippen molar-refractivity contribution in [3.63, 3.8) is 0 Å². The average Bonchev–Trinajstić information content (AvgIpc) is 3.60. The van der Waals surface area contributed by atoms with Gasteiger partial charge < -0.3 is 9.41 Å². The normalized spacial score (nSPS) is 14.4. The minimum absolute atomic E-state index is 0.00696. The molecule has 9 nitrogen and oxygen atoms in total. The summed E-state index contributed by atoms with van der Waals surface area (Å²) in [6.45, 7) is 10.1. The Morgan fingerprint density at radius 3 is 2.61 bits per heavy atom. The summed E-state index contributed by atoms with van der Waals surface area (Å²) in [6.07, 6.45) is 6.58. The first-order valence-electron chi connectivity index (χ1n) is 13.4. The highest BCUT2D eigenvalue weighted by Crippen LogP contribution is 2.35. The second kappa shape index (κ2) is 11.3. The van der Waals surface area contributed by atoms with Crippen LogP contribution in [0.5, 0.6) is 0 Å². The Bertz CT molecular complexity index is 1750. The molecule has 1 aliphatic rings. The summed E-state index contributed by atoms with van der Waals surface area (Å²) >= 11 is 0. The standard InChI is InChI=1S/C30H26F2N8O/c1-33-12-15-38-13-9-24(10-14-38)39-19-35-29(20-2-4-22(31)5-3-20)30(39)25-6-7-28-36-23(18-40(28)37-25)17-26(41)21-8-11-34-27(32)16-21/h2-8,11,16,18-19,24H,9-10,12-15,17H2. The van der Waals surface area contributed by atoms with Gasteiger partial charge in [0.05, 0.1) is 42.6 Å². The molecule has 11 heteroatoms. The van der Waals surface area contributed by atoms with Gasteiger partial charge in [0.15, 0.2) is 11.4 Å². The van der Waals surface area contributed by atoms with Crippen LogP contribution in [0, 0.1) is 18.3 Å². The predicted molar refractivity (Wildman–Crippen MR) is 148 cm³/mol. The number of carbonyl (C=O) groups excluding carboxylic acids is 1. The van der Waals surface area contributed by atoms with Gasteiger partial charge in [-0.3, -0.25) is 9.69 Å². The lowest BCUT2D eigenvalue weighted by atomic mass is 10.0. The van der Waals surface area contributed by atoms with Gasteiger partial charge in [-0.25, -0.2) is 30.4 Å². The van der Waals surface area contributed by atoms with E-state index in [1.807, 2.05) is 18.5 Å². The van der Waals surface area contributed by atoms with Crippen molar-refractivity contribution in [2.45, 2.75) is 25.3 Å². The molecule has 0 radical (unpaired) electrons. The number of fused-ring (bicyclic) bond motifs is 1. The van der Waals surface area contributed by atoms with Crippen LogP contribution in [0.2, 0.25) is 0 Å². The van der Waals surface area contributed by atoms with Gasteiger partial charge in [0.1, 0.15) is 11.5 Å². The number of nitrogens with zero attached hydrogens (tertiary/aromatic N) is 8. The van der Waals surface area contributed by atoms with Crippen molar-refractivity contribution in [2.75, 3.05) is 26.2 Å². The summed E-state index contributed by atoms with van der Waals surface area (Å²) in [5.41, 5.74) is 4.26. The van der Waals surface area contributed by atoms with E-state index in [4.69, 9.17) is 16.7 Å². The van der Waals surface area contributed by atoms with Crippen LogP contribution in [0.15, 0.2) is 67.3 Å². The van der Waals surface area contributed by atoms with Crippen LogP contribution in [-0.4, -0.2) is 66.0 Å². The highest BCUT2D eigenvalue weighted by molar-refractivity contribution is 5.97. The molecule has 206 valence electrons. The molecule has 0 unspecified atom stereocenters. The van der Waals surface area contributed by atoms with Crippen LogP contribution in [0.25, 0.3) is 33.1 Å². The number of pyridine rings is 1. The van der Waals surface area contributed by atoms with E-state index in [-0.39, 0.29) is 29.6 Å². The molecule has 0 amide bonds. The summed E-state index contributed by atoms with van der Waals surface area (Å²) in [5.74, 6) is -1.30. The molecule has 6 rings (SSSR count). The number of hydrogen-bond donors (Lipinski definition) is 0. The topological polar surface area (TPSA) is 85.6 Å². The first kappa shape index (κ1) is 26.4. The molecule has 41 heavy (non-hydrogen) atoms. The fourth-order valence-electron chi connectivity index (χ4n) is 5.31. The third-order valence-electron chi connectivity index (χ3n) is 7.39. The lowest BCUT2D eigenvalue weighted by molar-refractivity contribution is 0.0991. The number of piperidine rings is 1. The molecule has 0 spiro atoms. The van der Waals surface area contributed by atoms with Gasteiger partial charge in [-0.1, -0.05) is 0 Å². The second-order valence-electron chi connectivity index (χ2n) is 10.0. The van der Waals surface area contributed by atoms with Crippen molar-refractivity contribution in [2.24, 2.45) is 0 Å². The minimum atomic E-state index is -0.709. The molecule has 4 aromatic heterocycles. The number of carbonyl (C=O) groups is 1. The zero-order valence-electron chi connectivity index (χ0n) is 22.1. The molecule has 1 fully saturated rings. The molecule has 1 aliphatic heterocycles. The lowest BCUT2D eigenvalue weighted by Crippen LogP contribution is -2.36. The van der Waals surface area contributed by atoms with Gasteiger partial charge in [-0.15, -0.1) is 0 Å². The zero-order valence-corrected chi connectivity index (χ0v) is 22.1. The van der Waals surface area contributed by atoms with Gasteiger partial charge in [-0.2, -0.15) is 9.49 Å². The molecular formula is C30H26F2N8O. The van der Waals surface area contributed by atoms with Crippen molar-refractivity contribution in [1.29, 1.82) is 0 Å². The van der Waals surface area contributed by atoms with Gasteiger partial charge in [-0.05, 0) is 55.3 Å². The Hall–Kier alpha value is -4.82. The molecule has 0 N–H and O–H groups in total. The molecule has 0 aliphatic carbocycles. The highest BCUT2D eigenvalue weighted by atomic mass is 19.1. The van der Waals surface area contributed by atoms with Crippen molar-refractivity contribution < 1.29 is 13.6 Å². The summed E-state index contributed by atoms with van der Waals surface area (Å²) in [4.78, 5) is 31.3.